The van der Waals surface area contributed by atoms with Gasteiger partial charge in [-0.2, -0.15) is 15.3 Å². The third-order valence-corrected chi connectivity index (χ3v) is 1.59. The maximum Gasteiger partial charge on any atom is 0.0961 e. The molecule has 0 fully saturated rings. The molecule has 0 atom stereocenters. The van der Waals surface area contributed by atoms with Gasteiger partial charge in [-0.15, -0.1) is 0 Å². The number of hydrogen-bond donors (Lipinski definition) is 1. The summed E-state index contributed by atoms with van der Waals surface area (Å²) < 4.78 is 0. The summed E-state index contributed by atoms with van der Waals surface area (Å²) in [6.45, 7) is 1.91. The number of nitrogens with zero attached hydrogens (tertiary/aromatic N) is 3. The van der Waals surface area contributed by atoms with E-state index in [-0.39, 0.29) is 0 Å². The van der Waals surface area contributed by atoms with Crippen molar-refractivity contribution in [3.63, 3.8) is 0 Å². The average molecular weight is 160 g/mol. The van der Waals surface area contributed by atoms with Crippen molar-refractivity contribution in [1.29, 1.82) is 0 Å². The molecule has 60 valence electrons. The van der Waals surface area contributed by atoms with E-state index in [9.17, 15) is 0 Å². The largest absolute Gasteiger partial charge is 0.285 e. The van der Waals surface area contributed by atoms with Gasteiger partial charge in [-0.3, -0.25) is 5.10 Å². The molecular formula is C8H8N4. The van der Waals surface area contributed by atoms with Crippen LogP contribution in [-0.2, 0) is 0 Å². The molecule has 0 bridgehead atoms. The fourth-order valence-electron chi connectivity index (χ4n) is 0.944. The second kappa shape index (κ2) is 2.73. The van der Waals surface area contributed by atoms with Gasteiger partial charge in [0, 0.05) is 11.8 Å². The van der Waals surface area contributed by atoms with Crippen LogP contribution in [0, 0.1) is 6.92 Å². The summed E-state index contributed by atoms with van der Waals surface area (Å²) in [5, 5.41) is 14.5. The highest BCUT2D eigenvalue weighted by atomic mass is 15.1. The normalized spacial score (nSPS) is 10.1. The van der Waals surface area contributed by atoms with Gasteiger partial charge in [0.15, 0.2) is 0 Å². The number of H-pyrrole nitrogens is 1. The van der Waals surface area contributed by atoms with Crippen LogP contribution in [0.15, 0.2) is 24.5 Å². The van der Waals surface area contributed by atoms with E-state index < -0.39 is 0 Å². The van der Waals surface area contributed by atoms with Gasteiger partial charge in [0.25, 0.3) is 0 Å². The lowest BCUT2D eigenvalue weighted by molar-refractivity contribution is 0.987. The van der Waals surface area contributed by atoms with E-state index in [2.05, 4.69) is 20.4 Å². The SMILES string of the molecule is Cc1ccc(-c2cn[nH]c2)nn1. The zero-order valence-corrected chi connectivity index (χ0v) is 6.65. The first-order valence-corrected chi connectivity index (χ1v) is 3.66. The molecule has 4 heteroatoms. The van der Waals surface area contributed by atoms with Gasteiger partial charge in [0.1, 0.15) is 0 Å². The number of nitrogens with one attached hydrogen (secondary N) is 1. The van der Waals surface area contributed by atoms with Crippen molar-refractivity contribution in [1.82, 2.24) is 20.4 Å². The summed E-state index contributed by atoms with van der Waals surface area (Å²) in [5.74, 6) is 0. The van der Waals surface area contributed by atoms with Crippen molar-refractivity contribution in [2.75, 3.05) is 0 Å². The van der Waals surface area contributed by atoms with Crippen LogP contribution in [0.25, 0.3) is 11.3 Å². The second-order valence-electron chi connectivity index (χ2n) is 2.55. The molecule has 0 aliphatic carbocycles. The molecule has 2 heterocycles. The smallest absolute Gasteiger partial charge is 0.0961 e. The minimum Gasteiger partial charge on any atom is -0.285 e. The first-order valence-electron chi connectivity index (χ1n) is 3.66. The Labute approximate surface area is 69.7 Å². The van der Waals surface area contributed by atoms with Gasteiger partial charge in [0.2, 0.25) is 0 Å². The molecule has 1 N–H and O–H groups in total. The molecule has 12 heavy (non-hydrogen) atoms. The quantitative estimate of drug-likeness (QED) is 0.681. The Kier molecular flexibility index (Phi) is 1.59. The average Bonchev–Trinajstić information content (AvgIpc) is 2.58. The third kappa shape index (κ3) is 1.18. The van der Waals surface area contributed by atoms with E-state index in [4.69, 9.17) is 0 Å². The molecule has 2 aromatic heterocycles. The molecular weight excluding hydrogens is 152 g/mol. The van der Waals surface area contributed by atoms with Crippen LogP contribution >= 0.6 is 0 Å². The summed E-state index contributed by atoms with van der Waals surface area (Å²) >= 11 is 0. The Morgan fingerprint density at radius 3 is 2.75 bits per heavy atom. The molecule has 2 rings (SSSR count). The minimum atomic E-state index is 0.842. The standard InChI is InChI=1S/C8H8N4/c1-6-2-3-8(12-11-6)7-4-9-10-5-7/h2-5H,1H3,(H,9,10). The van der Waals surface area contributed by atoms with E-state index in [1.165, 1.54) is 0 Å². The van der Waals surface area contributed by atoms with Crippen LogP contribution in [0.3, 0.4) is 0 Å². The second-order valence-corrected chi connectivity index (χ2v) is 2.55. The lowest BCUT2D eigenvalue weighted by atomic mass is 10.2. The Morgan fingerprint density at radius 2 is 2.17 bits per heavy atom. The van der Waals surface area contributed by atoms with Crippen molar-refractivity contribution in [2.45, 2.75) is 6.92 Å². The first-order chi connectivity index (χ1) is 5.86. The molecule has 0 spiro atoms. The van der Waals surface area contributed by atoms with Crippen LogP contribution in [0.5, 0.6) is 0 Å². The summed E-state index contributed by atoms with van der Waals surface area (Å²) in [4.78, 5) is 0. The molecule has 0 amide bonds. The van der Waals surface area contributed by atoms with Crippen molar-refractivity contribution in [2.24, 2.45) is 0 Å². The number of aryl methyl sites for hydroxylation is 1. The van der Waals surface area contributed by atoms with Crippen molar-refractivity contribution in [3.8, 4) is 11.3 Å². The molecule has 0 aliphatic rings. The lowest BCUT2D eigenvalue weighted by Crippen LogP contribution is -1.87. The van der Waals surface area contributed by atoms with Crippen molar-refractivity contribution in [3.05, 3.63) is 30.2 Å². The fraction of sp³-hybridized carbons (Fsp3) is 0.125. The maximum atomic E-state index is 4.01. The molecule has 0 aromatic carbocycles. The minimum absolute atomic E-state index is 0.842. The molecule has 4 nitrogen and oxygen atoms in total. The Balaban J connectivity index is 2.43. The van der Waals surface area contributed by atoms with Crippen LogP contribution in [0.1, 0.15) is 5.69 Å². The Morgan fingerprint density at radius 1 is 1.25 bits per heavy atom. The van der Waals surface area contributed by atoms with Gasteiger partial charge >= 0.3 is 0 Å². The third-order valence-electron chi connectivity index (χ3n) is 1.59. The van der Waals surface area contributed by atoms with Crippen LogP contribution in [-0.4, -0.2) is 20.4 Å². The van der Waals surface area contributed by atoms with E-state index in [0.717, 1.165) is 17.0 Å². The van der Waals surface area contributed by atoms with Gasteiger partial charge < -0.3 is 0 Å². The molecule has 0 saturated carbocycles. The number of aromatic amines is 1. The number of hydrogen-bond acceptors (Lipinski definition) is 3. The molecule has 0 radical (unpaired) electrons. The summed E-state index contributed by atoms with van der Waals surface area (Å²) in [6, 6.07) is 3.85. The Bertz CT molecular complexity index is 349. The first kappa shape index (κ1) is 6.97. The van der Waals surface area contributed by atoms with E-state index in [1.807, 2.05) is 19.1 Å². The van der Waals surface area contributed by atoms with E-state index in [1.54, 1.807) is 12.4 Å². The highest BCUT2D eigenvalue weighted by molar-refractivity contribution is 5.55. The summed E-state index contributed by atoms with van der Waals surface area (Å²) in [5.41, 5.74) is 2.72. The zero-order valence-electron chi connectivity index (χ0n) is 6.65. The van der Waals surface area contributed by atoms with Gasteiger partial charge in [-0.1, -0.05) is 0 Å². The predicted octanol–water partition coefficient (Wildman–Crippen LogP) is 1.18. The summed E-state index contributed by atoms with van der Waals surface area (Å²) in [7, 11) is 0. The lowest BCUT2D eigenvalue weighted by Gasteiger charge is -1.93. The van der Waals surface area contributed by atoms with Crippen molar-refractivity contribution < 1.29 is 0 Å². The molecule has 0 unspecified atom stereocenters. The highest BCUT2D eigenvalue weighted by Gasteiger charge is 1.98. The van der Waals surface area contributed by atoms with Crippen molar-refractivity contribution >= 4 is 0 Å². The molecule has 0 saturated heterocycles. The highest BCUT2D eigenvalue weighted by Crippen LogP contribution is 2.12. The topological polar surface area (TPSA) is 54.5 Å². The van der Waals surface area contributed by atoms with Gasteiger partial charge in [-0.05, 0) is 19.1 Å². The zero-order chi connectivity index (χ0) is 8.39. The molecule has 0 aliphatic heterocycles. The van der Waals surface area contributed by atoms with Crippen LogP contribution < -0.4 is 0 Å². The van der Waals surface area contributed by atoms with Crippen LogP contribution in [0.4, 0.5) is 0 Å². The maximum absolute atomic E-state index is 4.01. The number of aromatic nitrogens is 4. The van der Waals surface area contributed by atoms with E-state index >= 15 is 0 Å². The monoisotopic (exact) mass is 160 g/mol. The fourth-order valence-corrected chi connectivity index (χ4v) is 0.944. The van der Waals surface area contributed by atoms with Gasteiger partial charge in [-0.25, -0.2) is 0 Å². The van der Waals surface area contributed by atoms with E-state index in [0.29, 0.717) is 0 Å². The predicted molar refractivity (Wildman–Crippen MR) is 44.4 cm³/mol. The Hall–Kier alpha value is -1.71. The van der Waals surface area contributed by atoms with Gasteiger partial charge in [0.05, 0.1) is 17.6 Å². The molecule has 2 aromatic rings. The summed E-state index contributed by atoms with van der Waals surface area (Å²) in [6.07, 6.45) is 3.51. The van der Waals surface area contributed by atoms with Crippen LogP contribution in [0.2, 0.25) is 0 Å². The number of rotatable bonds is 1.